The van der Waals surface area contributed by atoms with Crippen molar-refractivity contribution in [3.63, 3.8) is 0 Å². The summed E-state index contributed by atoms with van der Waals surface area (Å²) in [6, 6.07) is -0.761. The first kappa shape index (κ1) is 9.88. The third kappa shape index (κ3) is 1.34. The number of carboxylic acids is 1. The number of hydrogen-bond acceptors (Lipinski definition) is 4. The van der Waals surface area contributed by atoms with Gasteiger partial charge in [0.2, 0.25) is 5.91 Å². The Hall–Kier alpha value is -1.66. The van der Waals surface area contributed by atoms with Crippen LogP contribution in [0.25, 0.3) is 10.4 Å². The molecule has 2 atom stereocenters. The van der Waals surface area contributed by atoms with E-state index in [0.717, 1.165) is 4.90 Å². The standard InChI is InChI=1S/C7H6N4O3S/c8-10-9-4-5(12)11-3(7(13)14)1-2-15-6(4)11/h1,4,6H,2H2,(H,13,14)/t4?,6-/m1/s1. The second-order valence-electron chi connectivity index (χ2n) is 2.98. The Morgan fingerprint density at radius 3 is 3.13 bits per heavy atom. The van der Waals surface area contributed by atoms with Crippen molar-refractivity contribution in [1.82, 2.24) is 4.90 Å². The molecule has 0 aromatic rings. The summed E-state index contributed by atoms with van der Waals surface area (Å²) in [5.41, 5.74) is 8.21. The van der Waals surface area contributed by atoms with E-state index < -0.39 is 17.9 Å². The van der Waals surface area contributed by atoms with E-state index >= 15 is 0 Å². The van der Waals surface area contributed by atoms with Crippen LogP contribution in [-0.4, -0.2) is 39.1 Å². The molecular weight excluding hydrogens is 220 g/mol. The van der Waals surface area contributed by atoms with E-state index in [1.807, 2.05) is 0 Å². The fourth-order valence-electron chi connectivity index (χ4n) is 1.55. The number of fused-ring (bicyclic) bond motifs is 1. The number of aliphatic carboxylic acids is 1. The number of carbonyl (C=O) groups excluding carboxylic acids is 1. The summed E-state index contributed by atoms with van der Waals surface area (Å²) in [6.45, 7) is 0. The van der Waals surface area contributed by atoms with Gasteiger partial charge in [-0.05, 0) is 11.6 Å². The van der Waals surface area contributed by atoms with Gasteiger partial charge in [-0.15, -0.1) is 11.8 Å². The number of amides is 1. The predicted octanol–water partition coefficient (Wildman–Crippen LogP) is 0.549. The molecule has 1 amide bonds. The molecule has 2 rings (SSSR count). The molecule has 0 aliphatic carbocycles. The van der Waals surface area contributed by atoms with Crippen LogP contribution < -0.4 is 0 Å². The number of thioether (sulfide) groups is 1. The van der Waals surface area contributed by atoms with Crippen LogP contribution in [0.15, 0.2) is 16.9 Å². The van der Waals surface area contributed by atoms with Crippen molar-refractivity contribution < 1.29 is 14.7 Å². The second kappa shape index (κ2) is 3.48. The zero-order valence-corrected chi connectivity index (χ0v) is 8.22. The first-order valence-electron chi connectivity index (χ1n) is 4.09. The molecule has 8 heteroatoms. The number of nitrogens with zero attached hydrogens (tertiary/aromatic N) is 4. The Morgan fingerprint density at radius 2 is 2.53 bits per heavy atom. The van der Waals surface area contributed by atoms with Crippen LogP contribution in [0.4, 0.5) is 0 Å². The van der Waals surface area contributed by atoms with Gasteiger partial charge in [-0.1, -0.05) is 5.11 Å². The maximum absolute atomic E-state index is 11.4. The van der Waals surface area contributed by atoms with E-state index in [9.17, 15) is 9.59 Å². The SMILES string of the molecule is [N-]=[N+]=NC1C(=O)N2C(C(=O)O)=CCS[C@H]12. The van der Waals surface area contributed by atoms with E-state index in [1.165, 1.54) is 17.8 Å². The van der Waals surface area contributed by atoms with Crippen LogP contribution in [0.5, 0.6) is 0 Å². The fraction of sp³-hybridized carbons (Fsp3) is 0.429. The summed E-state index contributed by atoms with van der Waals surface area (Å²) < 4.78 is 0. The van der Waals surface area contributed by atoms with E-state index in [4.69, 9.17) is 10.6 Å². The minimum absolute atomic E-state index is 0.0202. The van der Waals surface area contributed by atoms with Crippen LogP contribution in [0.1, 0.15) is 0 Å². The van der Waals surface area contributed by atoms with Crippen LogP contribution in [0.3, 0.4) is 0 Å². The maximum Gasteiger partial charge on any atom is 0.352 e. The number of rotatable bonds is 2. The normalized spacial score (nSPS) is 28.4. The van der Waals surface area contributed by atoms with Crippen LogP contribution >= 0.6 is 11.8 Å². The smallest absolute Gasteiger partial charge is 0.352 e. The van der Waals surface area contributed by atoms with Gasteiger partial charge in [0, 0.05) is 10.7 Å². The molecule has 0 aromatic carbocycles. The molecule has 1 saturated heterocycles. The Kier molecular flexibility index (Phi) is 2.29. The molecule has 78 valence electrons. The highest BCUT2D eigenvalue weighted by Gasteiger charge is 2.51. The quantitative estimate of drug-likeness (QED) is 0.321. The minimum Gasteiger partial charge on any atom is -0.477 e. The molecule has 0 aromatic heterocycles. The molecular formula is C7H6N4O3S. The molecule has 2 heterocycles. The number of hydrogen-bond donors (Lipinski definition) is 1. The Morgan fingerprint density at radius 1 is 1.80 bits per heavy atom. The molecule has 0 saturated carbocycles. The highest BCUT2D eigenvalue weighted by atomic mass is 32.2. The minimum atomic E-state index is -1.13. The van der Waals surface area contributed by atoms with Crippen LogP contribution in [0.2, 0.25) is 0 Å². The largest absolute Gasteiger partial charge is 0.477 e. The van der Waals surface area contributed by atoms with Gasteiger partial charge in [0.25, 0.3) is 0 Å². The number of azide groups is 1. The first-order chi connectivity index (χ1) is 7.16. The topological polar surface area (TPSA) is 106 Å². The van der Waals surface area contributed by atoms with E-state index in [-0.39, 0.29) is 11.1 Å². The lowest BCUT2D eigenvalue weighted by Gasteiger charge is -2.46. The highest BCUT2D eigenvalue weighted by Crippen LogP contribution is 2.38. The summed E-state index contributed by atoms with van der Waals surface area (Å²) in [4.78, 5) is 26.0. The zero-order chi connectivity index (χ0) is 11.0. The molecule has 2 aliphatic heterocycles. The molecule has 1 fully saturated rings. The third-order valence-corrected chi connectivity index (χ3v) is 3.38. The van der Waals surface area contributed by atoms with Crippen molar-refractivity contribution in [3.8, 4) is 0 Å². The average molecular weight is 226 g/mol. The van der Waals surface area contributed by atoms with Crippen molar-refractivity contribution in [2.75, 3.05) is 5.75 Å². The van der Waals surface area contributed by atoms with Crippen molar-refractivity contribution >= 4 is 23.6 Å². The summed E-state index contributed by atoms with van der Waals surface area (Å²) in [6.07, 6.45) is 1.48. The second-order valence-corrected chi connectivity index (χ2v) is 4.13. The molecule has 0 bridgehead atoms. The van der Waals surface area contributed by atoms with E-state index in [2.05, 4.69) is 10.0 Å². The van der Waals surface area contributed by atoms with Gasteiger partial charge < -0.3 is 5.11 Å². The van der Waals surface area contributed by atoms with Gasteiger partial charge in [-0.25, -0.2) is 4.79 Å². The Labute approximate surface area is 88.4 Å². The average Bonchev–Trinajstić information content (AvgIpc) is 2.24. The van der Waals surface area contributed by atoms with Gasteiger partial charge in [-0.2, -0.15) is 0 Å². The summed E-state index contributed by atoms with van der Waals surface area (Å²) in [5, 5.41) is 11.8. The summed E-state index contributed by atoms with van der Waals surface area (Å²) in [5.74, 6) is -1.07. The number of carbonyl (C=O) groups is 2. The van der Waals surface area contributed by atoms with Crippen molar-refractivity contribution in [2.45, 2.75) is 11.4 Å². The lowest BCUT2D eigenvalue weighted by Crippen LogP contribution is -2.63. The summed E-state index contributed by atoms with van der Waals surface area (Å²) >= 11 is 1.39. The molecule has 1 unspecified atom stereocenters. The Balaban J connectivity index is 2.26. The molecule has 7 nitrogen and oxygen atoms in total. The monoisotopic (exact) mass is 226 g/mol. The van der Waals surface area contributed by atoms with Gasteiger partial charge in [-0.3, -0.25) is 9.69 Å². The molecule has 0 spiro atoms. The van der Waals surface area contributed by atoms with Gasteiger partial charge in [0.1, 0.15) is 17.1 Å². The molecule has 0 radical (unpaired) electrons. The van der Waals surface area contributed by atoms with Crippen LogP contribution in [0, 0.1) is 0 Å². The zero-order valence-electron chi connectivity index (χ0n) is 7.40. The van der Waals surface area contributed by atoms with Gasteiger partial charge in [0.15, 0.2) is 0 Å². The molecule has 2 aliphatic rings. The number of carboxylic acid groups (broad SMARTS) is 1. The van der Waals surface area contributed by atoms with E-state index in [1.54, 1.807) is 0 Å². The predicted molar refractivity (Wildman–Crippen MR) is 51.7 cm³/mol. The third-order valence-electron chi connectivity index (χ3n) is 2.21. The van der Waals surface area contributed by atoms with Crippen molar-refractivity contribution in [3.05, 3.63) is 22.2 Å². The highest BCUT2D eigenvalue weighted by molar-refractivity contribution is 8.00. The van der Waals surface area contributed by atoms with Crippen molar-refractivity contribution in [1.29, 1.82) is 0 Å². The number of β-lactam (4-membered cyclic amide) rings is 1. The summed E-state index contributed by atoms with van der Waals surface area (Å²) in [7, 11) is 0. The van der Waals surface area contributed by atoms with Gasteiger partial charge >= 0.3 is 5.97 Å². The van der Waals surface area contributed by atoms with Crippen molar-refractivity contribution in [2.24, 2.45) is 5.11 Å². The first-order valence-corrected chi connectivity index (χ1v) is 5.14. The van der Waals surface area contributed by atoms with E-state index in [0.29, 0.717) is 5.75 Å². The fourth-order valence-corrected chi connectivity index (χ4v) is 2.72. The Bertz CT molecular complexity index is 414. The van der Waals surface area contributed by atoms with Gasteiger partial charge in [0.05, 0.1) is 0 Å². The maximum atomic E-state index is 11.4. The van der Waals surface area contributed by atoms with Crippen LogP contribution in [-0.2, 0) is 9.59 Å². The molecule has 15 heavy (non-hydrogen) atoms. The lowest BCUT2D eigenvalue weighted by atomic mass is 10.1. The lowest BCUT2D eigenvalue weighted by molar-refractivity contribution is -0.147. The molecule has 1 N–H and O–H groups in total.